The van der Waals surface area contributed by atoms with Crippen LogP contribution < -0.4 is 5.32 Å². The Morgan fingerprint density at radius 3 is 2.64 bits per heavy atom. The van der Waals surface area contributed by atoms with E-state index in [4.69, 9.17) is 9.84 Å². The minimum Gasteiger partial charge on any atom is -0.481 e. The van der Waals surface area contributed by atoms with E-state index in [0.717, 1.165) is 12.8 Å². The van der Waals surface area contributed by atoms with Gasteiger partial charge in [0, 0.05) is 18.7 Å². The van der Waals surface area contributed by atoms with Crippen LogP contribution in [0.5, 0.6) is 0 Å². The maximum atomic E-state index is 12.5. The highest BCUT2D eigenvalue weighted by atomic mass is 16.5. The summed E-state index contributed by atoms with van der Waals surface area (Å²) in [6.07, 6.45) is 1.17. The molecule has 132 valence electrons. The number of carboxylic acids is 1. The van der Waals surface area contributed by atoms with Crippen molar-refractivity contribution in [1.29, 1.82) is 0 Å². The van der Waals surface area contributed by atoms with Crippen molar-refractivity contribution in [2.75, 3.05) is 18.5 Å². The molecule has 0 radical (unpaired) electrons. The number of ether oxygens (including phenoxy) is 1. The molecule has 8 nitrogen and oxygen atoms in total. The van der Waals surface area contributed by atoms with E-state index < -0.39 is 17.8 Å². The Balaban J connectivity index is 1.70. The van der Waals surface area contributed by atoms with Gasteiger partial charge in [0.05, 0.1) is 30.2 Å². The van der Waals surface area contributed by atoms with Crippen molar-refractivity contribution in [2.45, 2.75) is 31.8 Å². The summed E-state index contributed by atoms with van der Waals surface area (Å²) in [5.74, 6) is -2.29. The Morgan fingerprint density at radius 1 is 1.20 bits per heavy atom. The van der Waals surface area contributed by atoms with Crippen LogP contribution in [0.15, 0.2) is 18.2 Å². The second kappa shape index (κ2) is 7.02. The summed E-state index contributed by atoms with van der Waals surface area (Å²) < 4.78 is 5.48. The number of imide groups is 1. The SMILES string of the molecule is O=C(O)CCC(=O)Nc1ccc2c(c1)C(=O)N(CC1CCCO1)C2=O. The molecule has 0 saturated carbocycles. The number of anilines is 1. The first kappa shape index (κ1) is 17.1. The maximum absolute atomic E-state index is 12.5. The molecule has 2 aliphatic rings. The molecule has 1 atom stereocenters. The Kier molecular flexibility index (Phi) is 4.80. The van der Waals surface area contributed by atoms with Crippen LogP contribution in [0.3, 0.4) is 0 Å². The first-order valence-electron chi connectivity index (χ1n) is 8.09. The van der Waals surface area contributed by atoms with Gasteiger partial charge in [-0.25, -0.2) is 0 Å². The summed E-state index contributed by atoms with van der Waals surface area (Å²) in [7, 11) is 0. The second-order valence-electron chi connectivity index (χ2n) is 6.06. The highest BCUT2D eigenvalue weighted by Crippen LogP contribution is 2.27. The highest BCUT2D eigenvalue weighted by molar-refractivity contribution is 6.21. The number of carbonyl (C=O) groups is 4. The lowest BCUT2D eigenvalue weighted by molar-refractivity contribution is -0.138. The van der Waals surface area contributed by atoms with Crippen molar-refractivity contribution in [2.24, 2.45) is 0 Å². The largest absolute Gasteiger partial charge is 0.481 e. The number of aliphatic carboxylic acids is 1. The lowest BCUT2D eigenvalue weighted by Crippen LogP contribution is -2.36. The first-order chi connectivity index (χ1) is 12.0. The number of carboxylic acid groups (broad SMARTS) is 1. The molecule has 2 N–H and O–H groups in total. The molecule has 0 spiro atoms. The second-order valence-corrected chi connectivity index (χ2v) is 6.06. The molecule has 2 aliphatic heterocycles. The van der Waals surface area contributed by atoms with Crippen LogP contribution in [0.4, 0.5) is 5.69 Å². The maximum Gasteiger partial charge on any atom is 0.303 e. The normalized spacial score (nSPS) is 19.2. The molecular weight excluding hydrogens is 328 g/mol. The quantitative estimate of drug-likeness (QED) is 0.750. The predicted molar refractivity (Wildman–Crippen MR) is 86.3 cm³/mol. The van der Waals surface area contributed by atoms with Gasteiger partial charge in [-0.05, 0) is 31.0 Å². The van der Waals surface area contributed by atoms with Crippen LogP contribution in [0.25, 0.3) is 0 Å². The molecule has 25 heavy (non-hydrogen) atoms. The molecule has 0 bridgehead atoms. The summed E-state index contributed by atoms with van der Waals surface area (Å²) >= 11 is 0. The van der Waals surface area contributed by atoms with E-state index in [9.17, 15) is 19.2 Å². The van der Waals surface area contributed by atoms with Crippen LogP contribution in [0.1, 0.15) is 46.4 Å². The zero-order valence-corrected chi connectivity index (χ0v) is 13.5. The van der Waals surface area contributed by atoms with Crippen LogP contribution in [-0.2, 0) is 14.3 Å². The van der Waals surface area contributed by atoms with Gasteiger partial charge in [-0.15, -0.1) is 0 Å². The van der Waals surface area contributed by atoms with Gasteiger partial charge in [0.1, 0.15) is 0 Å². The number of nitrogens with one attached hydrogen (secondary N) is 1. The summed E-state index contributed by atoms with van der Waals surface area (Å²) in [6, 6.07) is 4.47. The molecule has 1 saturated heterocycles. The average molecular weight is 346 g/mol. The Hall–Kier alpha value is -2.74. The number of fused-ring (bicyclic) bond motifs is 1. The van der Waals surface area contributed by atoms with Crippen LogP contribution in [-0.4, -0.2) is 53.0 Å². The molecule has 0 aliphatic carbocycles. The van der Waals surface area contributed by atoms with E-state index >= 15 is 0 Å². The van der Waals surface area contributed by atoms with Gasteiger partial charge >= 0.3 is 5.97 Å². The third kappa shape index (κ3) is 3.69. The van der Waals surface area contributed by atoms with E-state index in [0.29, 0.717) is 17.9 Å². The molecule has 1 fully saturated rings. The number of rotatable bonds is 6. The van der Waals surface area contributed by atoms with E-state index in [1.807, 2.05) is 0 Å². The first-order valence-corrected chi connectivity index (χ1v) is 8.09. The Labute approximate surface area is 143 Å². The molecule has 1 aromatic rings. The van der Waals surface area contributed by atoms with Crippen molar-refractivity contribution in [3.8, 4) is 0 Å². The van der Waals surface area contributed by atoms with Crippen molar-refractivity contribution in [3.63, 3.8) is 0 Å². The molecule has 2 heterocycles. The van der Waals surface area contributed by atoms with E-state index in [1.165, 1.54) is 23.1 Å². The van der Waals surface area contributed by atoms with Crippen LogP contribution >= 0.6 is 0 Å². The summed E-state index contributed by atoms with van der Waals surface area (Å²) in [5, 5.41) is 11.1. The molecule has 0 aromatic heterocycles. The third-order valence-electron chi connectivity index (χ3n) is 4.23. The number of amides is 3. The number of benzene rings is 1. The van der Waals surface area contributed by atoms with Crippen molar-refractivity contribution < 1.29 is 29.0 Å². The molecule has 1 aromatic carbocycles. The topological polar surface area (TPSA) is 113 Å². The van der Waals surface area contributed by atoms with Crippen molar-refractivity contribution in [3.05, 3.63) is 29.3 Å². The van der Waals surface area contributed by atoms with Crippen molar-refractivity contribution >= 4 is 29.4 Å². The summed E-state index contributed by atoms with van der Waals surface area (Å²) in [5.41, 5.74) is 0.889. The fraction of sp³-hybridized carbons (Fsp3) is 0.412. The van der Waals surface area contributed by atoms with E-state index in [-0.39, 0.29) is 37.0 Å². The van der Waals surface area contributed by atoms with Gasteiger partial charge in [-0.1, -0.05) is 0 Å². The minimum absolute atomic E-state index is 0.127. The van der Waals surface area contributed by atoms with Gasteiger partial charge < -0.3 is 15.2 Å². The number of hydrogen-bond donors (Lipinski definition) is 2. The number of carbonyl (C=O) groups excluding carboxylic acids is 3. The van der Waals surface area contributed by atoms with Gasteiger partial charge in [0.2, 0.25) is 5.91 Å². The molecule has 3 amide bonds. The van der Waals surface area contributed by atoms with Gasteiger partial charge in [-0.3, -0.25) is 24.1 Å². The van der Waals surface area contributed by atoms with Gasteiger partial charge in [0.25, 0.3) is 11.8 Å². The van der Waals surface area contributed by atoms with Crippen LogP contribution in [0.2, 0.25) is 0 Å². The lowest BCUT2D eigenvalue weighted by Gasteiger charge is -2.17. The lowest BCUT2D eigenvalue weighted by atomic mass is 10.1. The molecule has 3 rings (SSSR count). The zero-order valence-electron chi connectivity index (χ0n) is 13.5. The molecule has 1 unspecified atom stereocenters. The standard InChI is InChI=1S/C17H18N2O6/c20-14(5-6-15(21)22)18-10-3-4-12-13(8-10)17(24)19(16(12)23)9-11-2-1-7-25-11/h3-4,8,11H,1-2,5-7,9H2,(H,18,20)(H,21,22). The Bertz CT molecular complexity index is 739. The number of hydrogen-bond acceptors (Lipinski definition) is 5. The molecule has 8 heteroatoms. The van der Waals surface area contributed by atoms with Gasteiger partial charge in [-0.2, -0.15) is 0 Å². The third-order valence-corrected chi connectivity index (χ3v) is 4.23. The monoisotopic (exact) mass is 346 g/mol. The van der Waals surface area contributed by atoms with E-state index in [2.05, 4.69) is 5.32 Å². The fourth-order valence-electron chi connectivity index (χ4n) is 2.97. The summed E-state index contributed by atoms with van der Waals surface area (Å²) in [6.45, 7) is 0.868. The van der Waals surface area contributed by atoms with E-state index in [1.54, 1.807) is 0 Å². The van der Waals surface area contributed by atoms with Crippen molar-refractivity contribution in [1.82, 2.24) is 4.90 Å². The average Bonchev–Trinajstić information content (AvgIpc) is 3.16. The van der Waals surface area contributed by atoms with Gasteiger partial charge in [0.15, 0.2) is 0 Å². The van der Waals surface area contributed by atoms with Crippen LogP contribution in [0, 0.1) is 0 Å². The minimum atomic E-state index is -1.06. The zero-order chi connectivity index (χ0) is 18.0. The number of nitrogens with zero attached hydrogens (tertiary/aromatic N) is 1. The summed E-state index contributed by atoms with van der Waals surface area (Å²) in [4.78, 5) is 48.3. The predicted octanol–water partition coefficient (Wildman–Crippen LogP) is 1.26. The Morgan fingerprint density at radius 2 is 1.96 bits per heavy atom. The fourth-order valence-corrected chi connectivity index (χ4v) is 2.97. The molecular formula is C17H18N2O6. The highest BCUT2D eigenvalue weighted by Gasteiger charge is 2.37. The smallest absolute Gasteiger partial charge is 0.303 e.